The highest BCUT2D eigenvalue weighted by atomic mass is 79.9. The molecule has 3 N–H and O–H groups in total. The molecule has 3 nitrogen and oxygen atoms in total. The van der Waals surface area contributed by atoms with Gasteiger partial charge in [-0.25, -0.2) is 5.48 Å². The molecule has 0 bridgehead atoms. The largest absolute Gasteiger partial charge is 0.506 e. The fourth-order valence-corrected chi connectivity index (χ4v) is 1.77. The molecule has 0 saturated carbocycles. The van der Waals surface area contributed by atoms with Crippen molar-refractivity contribution < 1.29 is 10.3 Å². The van der Waals surface area contributed by atoms with Gasteiger partial charge in [-0.05, 0) is 46.5 Å². The molecule has 0 aromatic heterocycles. The second kappa shape index (κ2) is 4.09. The van der Waals surface area contributed by atoms with Crippen molar-refractivity contribution in [2.45, 2.75) is 20.4 Å². The lowest BCUT2D eigenvalue weighted by Gasteiger charge is -2.10. The summed E-state index contributed by atoms with van der Waals surface area (Å²) in [6, 6.07) is 1.85. The monoisotopic (exact) mass is 245 g/mol. The van der Waals surface area contributed by atoms with Crippen LogP contribution in [0.2, 0.25) is 0 Å². The van der Waals surface area contributed by atoms with Gasteiger partial charge >= 0.3 is 0 Å². The molecule has 4 heteroatoms. The van der Waals surface area contributed by atoms with E-state index in [-0.39, 0.29) is 5.75 Å². The Morgan fingerprint density at radius 2 is 2.08 bits per heavy atom. The predicted octanol–water partition coefficient (Wildman–Crippen LogP) is 2.25. The van der Waals surface area contributed by atoms with Crippen LogP contribution in [0.1, 0.15) is 16.7 Å². The molecule has 0 aliphatic carbocycles. The van der Waals surface area contributed by atoms with Crippen LogP contribution < -0.4 is 5.48 Å². The van der Waals surface area contributed by atoms with E-state index < -0.39 is 0 Å². The fraction of sp³-hybridized carbons (Fsp3) is 0.333. The average molecular weight is 246 g/mol. The zero-order valence-electron chi connectivity index (χ0n) is 7.56. The first-order valence-corrected chi connectivity index (χ1v) is 4.71. The van der Waals surface area contributed by atoms with Crippen molar-refractivity contribution in [1.29, 1.82) is 0 Å². The van der Waals surface area contributed by atoms with Gasteiger partial charge in [0.15, 0.2) is 0 Å². The second-order valence-electron chi connectivity index (χ2n) is 2.98. The number of nitrogens with one attached hydrogen (secondary N) is 1. The maximum Gasteiger partial charge on any atom is 0.132 e. The van der Waals surface area contributed by atoms with E-state index in [0.29, 0.717) is 11.0 Å². The van der Waals surface area contributed by atoms with E-state index >= 15 is 0 Å². The van der Waals surface area contributed by atoms with Crippen molar-refractivity contribution in [3.63, 3.8) is 0 Å². The quantitative estimate of drug-likeness (QED) is 0.701. The van der Waals surface area contributed by atoms with E-state index in [9.17, 15) is 5.11 Å². The number of halogens is 1. The Morgan fingerprint density at radius 1 is 1.46 bits per heavy atom. The minimum atomic E-state index is 0.263. The summed E-state index contributed by atoms with van der Waals surface area (Å²) in [6.45, 7) is 4.09. The van der Waals surface area contributed by atoms with Crippen molar-refractivity contribution in [1.82, 2.24) is 5.48 Å². The third-order valence-corrected chi connectivity index (χ3v) is 3.02. The van der Waals surface area contributed by atoms with Crippen molar-refractivity contribution in [2.75, 3.05) is 0 Å². The Morgan fingerprint density at radius 3 is 2.62 bits per heavy atom. The van der Waals surface area contributed by atoms with Gasteiger partial charge in [-0.2, -0.15) is 0 Å². The summed E-state index contributed by atoms with van der Waals surface area (Å²) in [5.74, 6) is 0.263. The predicted molar refractivity (Wildman–Crippen MR) is 53.9 cm³/mol. The van der Waals surface area contributed by atoms with Gasteiger partial charge in [-0.3, -0.25) is 0 Å². The van der Waals surface area contributed by atoms with Gasteiger partial charge < -0.3 is 10.3 Å². The molecule has 0 spiro atoms. The second-order valence-corrected chi connectivity index (χ2v) is 3.77. The Bertz CT molecular complexity index is 326. The van der Waals surface area contributed by atoms with Crippen LogP contribution in [0.4, 0.5) is 0 Å². The highest BCUT2D eigenvalue weighted by Gasteiger charge is 2.09. The Labute approximate surface area is 85.5 Å². The molecular formula is C9H12BrNO2. The number of aromatic hydroxyl groups is 1. The van der Waals surface area contributed by atoms with Crippen LogP contribution in [0.5, 0.6) is 5.75 Å². The number of benzene rings is 1. The number of aryl methyl sites for hydroxylation is 1. The fourth-order valence-electron chi connectivity index (χ4n) is 1.20. The molecular weight excluding hydrogens is 234 g/mol. The molecule has 0 atom stereocenters. The van der Waals surface area contributed by atoms with Gasteiger partial charge in [0.1, 0.15) is 5.75 Å². The van der Waals surface area contributed by atoms with Crippen LogP contribution in [0.3, 0.4) is 0 Å². The van der Waals surface area contributed by atoms with Gasteiger partial charge in [-0.1, -0.05) is 6.07 Å². The van der Waals surface area contributed by atoms with E-state index in [4.69, 9.17) is 5.21 Å². The number of hydrogen-bond acceptors (Lipinski definition) is 3. The minimum absolute atomic E-state index is 0.263. The van der Waals surface area contributed by atoms with Gasteiger partial charge in [0.2, 0.25) is 0 Å². The van der Waals surface area contributed by atoms with Crippen molar-refractivity contribution >= 4 is 15.9 Å². The molecule has 0 radical (unpaired) electrons. The smallest absolute Gasteiger partial charge is 0.132 e. The Hall–Kier alpha value is -0.580. The molecule has 0 fully saturated rings. The van der Waals surface area contributed by atoms with Crippen molar-refractivity contribution in [3.05, 3.63) is 27.2 Å². The van der Waals surface area contributed by atoms with Crippen LogP contribution in [0.25, 0.3) is 0 Å². The standard InChI is InChI=1S/C9H12BrNO2/c1-5-3-7(4-11-13)6(2)8(10)9(5)12/h3,11-13H,4H2,1-2H3. The minimum Gasteiger partial charge on any atom is -0.506 e. The summed E-state index contributed by atoms with van der Waals surface area (Å²) in [4.78, 5) is 0. The molecule has 72 valence electrons. The zero-order chi connectivity index (χ0) is 10.0. The summed E-state index contributed by atoms with van der Waals surface area (Å²) >= 11 is 3.29. The molecule has 0 saturated heterocycles. The van der Waals surface area contributed by atoms with Crippen molar-refractivity contribution in [2.24, 2.45) is 0 Å². The molecule has 13 heavy (non-hydrogen) atoms. The van der Waals surface area contributed by atoms with Crippen LogP contribution in [-0.4, -0.2) is 10.3 Å². The molecule has 0 heterocycles. The van der Waals surface area contributed by atoms with Gasteiger partial charge in [0.25, 0.3) is 0 Å². The average Bonchev–Trinajstić information content (AvgIpc) is 2.11. The summed E-state index contributed by atoms with van der Waals surface area (Å²) in [5.41, 5.74) is 4.79. The Balaban J connectivity index is 3.24. The maximum absolute atomic E-state index is 9.55. The maximum atomic E-state index is 9.55. The first kappa shape index (κ1) is 10.5. The third kappa shape index (κ3) is 2.02. The van der Waals surface area contributed by atoms with Crippen LogP contribution in [0, 0.1) is 13.8 Å². The first-order valence-electron chi connectivity index (χ1n) is 3.92. The number of phenols is 1. The molecule has 1 aromatic rings. The van der Waals surface area contributed by atoms with Crippen molar-refractivity contribution in [3.8, 4) is 5.75 Å². The summed E-state index contributed by atoms with van der Waals surface area (Å²) in [6.07, 6.45) is 0. The highest BCUT2D eigenvalue weighted by molar-refractivity contribution is 9.10. The summed E-state index contributed by atoms with van der Waals surface area (Å²) in [7, 11) is 0. The molecule has 0 amide bonds. The van der Waals surface area contributed by atoms with Gasteiger partial charge in [0.05, 0.1) is 4.47 Å². The zero-order valence-corrected chi connectivity index (χ0v) is 9.14. The number of hydroxylamine groups is 1. The Kier molecular flexibility index (Phi) is 3.30. The molecule has 0 unspecified atom stereocenters. The van der Waals surface area contributed by atoms with Gasteiger partial charge in [-0.15, -0.1) is 0 Å². The first-order chi connectivity index (χ1) is 6.07. The molecule has 1 rings (SSSR count). The molecule has 0 aliphatic heterocycles. The lowest BCUT2D eigenvalue weighted by Crippen LogP contribution is -2.08. The molecule has 0 aliphatic rings. The summed E-state index contributed by atoms with van der Waals surface area (Å²) in [5, 5.41) is 18.1. The third-order valence-electron chi connectivity index (χ3n) is 2.05. The van der Waals surface area contributed by atoms with E-state index in [2.05, 4.69) is 21.4 Å². The lowest BCUT2D eigenvalue weighted by atomic mass is 10.0. The van der Waals surface area contributed by atoms with Crippen LogP contribution in [0.15, 0.2) is 10.5 Å². The number of rotatable bonds is 2. The van der Waals surface area contributed by atoms with E-state index in [1.165, 1.54) is 0 Å². The highest BCUT2D eigenvalue weighted by Crippen LogP contribution is 2.32. The SMILES string of the molecule is Cc1cc(CNO)c(C)c(Br)c1O. The summed E-state index contributed by atoms with van der Waals surface area (Å²) < 4.78 is 0.692. The topological polar surface area (TPSA) is 52.5 Å². The number of hydrogen-bond donors (Lipinski definition) is 3. The van der Waals surface area contributed by atoms with Crippen LogP contribution in [-0.2, 0) is 6.54 Å². The van der Waals surface area contributed by atoms with E-state index in [0.717, 1.165) is 16.7 Å². The van der Waals surface area contributed by atoms with E-state index in [1.807, 2.05) is 19.9 Å². The molecule has 1 aromatic carbocycles. The number of phenolic OH excluding ortho intramolecular Hbond substituents is 1. The van der Waals surface area contributed by atoms with Crippen LogP contribution >= 0.6 is 15.9 Å². The van der Waals surface area contributed by atoms with E-state index in [1.54, 1.807) is 0 Å². The van der Waals surface area contributed by atoms with Gasteiger partial charge in [0, 0.05) is 6.54 Å². The normalized spacial score (nSPS) is 10.5. The lowest BCUT2D eigenvalue weighted by molar-refractivity contribution is 0.161.